The van der Waals surface area contributed by atoms with Crippen molar-refractivity contribution in [2.45, 2.75) is 65.3 Å². The topological polar surface area (TPSA) is 166 Å². The Hall–Kier alpha value is -4.80. The zero-order valence-corrected chi connectivity index (χ0v) is 24.6. The van der Waals surface area contributed by atoms with E-state index in [-0.39, 0.29) is 41.6 Å². The summed E-state index contributed by atoms with van der Waals surface area (Å²) >= 11 is 0. The Bertz CT molecular complexity index is 1700. The number of carboxylic acid groups (broad SMARTS) is 1. The van der Waals surface area contributed by atoms with Gasteiger partial charge in [-0.25, -0.2) is 19.4 Å². The van der Waals surface area contributed by atoms with E-state index >= 15 is 0 Å². The number of pyridine rings is 1. The maximum atomic E-state index is 13.9. The third kappa shape index (κ3) is 6.24. The van der Waals surface area contributed by atoms with Gasteiger partial charge in [-0.2, -0.15) is 4.98 Å². The number of hydrogen-bond acceptors (Lipinski definition) is 9. The van der Waals surface area contributed by atoms with Crippen molar-refractivity contribution in [3.63, 3.8) is 0 Å². The Morgan fingerprint density at radius 1 is 1.19 bits per heavy atom. The minimum absolute atomic E-state index is 0.0552. The van der Waals surface area contributed by atoms with E-state index < -0.39 is 28.9 Å². The molecule has 14 nitrogen and oxygen atoms in total. The third-order valence-corrected chi connectivity index (χ3v) is 6.82. The Labute approximate surface area is 242 Å². The number of carbonyl (C=O) groups is 2. The van der Waals surface area contributed by atoms with Crippen molar-refractivity contribution in [1.29, 1.82) is 0 Å². The van der Waals surface area contributed by atoms with Crippen LogP contribution < -0.4 is 26.8 Å². The maximum Gasteiger partial charge on any atom is 0.407 e. The van der Waals surface area contributed by atoms with Crippen LogP contribution in [-0.2, 0) is 24.9 Å². The Morgan fingerprint density at radius 3 is 2.57 bits per heavy atom. The number of hydrogen-bond donors (Lipinski definition) is 3. The molecule has 3 aromatic rings. The van der Waals surface area contributed by atoms with Crippen molar-refractivity contribution in [3.8, 4) is 11.8 Å². The molecule has 0 spiro atoms. The number of aromatic carboxylic acids is 1. The molecule has 1 aliphatic rings. The summed E-state index contributed by atoms with van der Waals surface area (Å²) in [4.78, 5) is 62.6. The van der Waals surface area contributed by atoms with Gasteiger partial charge in [0, 0.05) is 33.2 Å². The largest absolute Gasteiger partial charge is 0.478 e. The summed E-state index contributed by atoms with van der Waals surface area (Å²) in [6.45, 7) is 7.86. The van der Waals surface area contributed by atoms with Crippen LogP contribution >= 0.6 is 0 Å². The number of nitrogens with zero attached hydrogens (tertiary/aromatic N) is 6. The van der Waals surface area contributed by atoms with E-state index in [1.165, 1.54) is 23.7 Å². The molecule has 3 N–H and O–H groups in total. The monoisotopic (exact) mass is 580 g/mol. The highest BCUT2D eigenvalue weighted by Gasteiger charge is 2.29. The van der Waals surface area contributed by atoms with Crippen LogP contribution in [0.25, 0.3) is 11.2 Å². The van der Waals surface area contributed by atoms with Crippen molar-refractivity contribution >= 4 is 35.0 Å². The zero-order valence-electron chi connectivity index (χ0n) is 24.6. The van der Waals surface area contributed by atoms with Gasteiger partial charge in [0.25, 0.3) is 5.56 Å². The SMILES string of the molecule is CC#CCn1c(N2CCC[C@@H](NC(=O)OC(C)(C)C)C2)nc2c1c(=O)n(Cc1nc(NC)ccc1C(=O)O)c(=O)n2C. The Morgan fingerprint density at radius 2 is 1.93 bits per heavy atom. The number of ether oxygens (including phenoxy) is 1. The molecular weight excluding hydrogens is 544 g/mol. The summed E-state index contributed by atoms with van der Waals surface area (Å²) in [5.41, 5.74) is -1.68. The first kappa shape index (κ1) is 30.2. The molecule has 1 aliphatic heterocycles. The van der Waals surface area contributed by atoms with Crippen molar-refractivity contribution in [3.05, 3.63) is 44.2 Å². The molecule has 1 atom stereocenters. The van der Waals surface area contributed by atoms with Gasteiger partial charge in [-0.15, -0.1) is 5.92 Å². The van der Waals surface area contributed by atoms with Crippen LogP contribution in [0, 0.1) is 11.8 Å². The van der Waals surface area contributed by atoms with Gasteiger partial charge >= 0.3 is 17.8 Å². The van der Waals surface area contributed by atoms with E-state index in [0.29, 0.717) is 24.9 Å². The number of rotatable bonds is 7. The maximum absolute atomic E-state index is 13.9. The van der Waals surface area contributed by atoms with Gasteiger partial charge in [-0.05, 0) is 52.7 Å². The van der Waals surface area contributed by atoms with Crippen LogP contribution in [0.4, 0.5) is 16.6 Å². The average Bonchev–Trinajstić information content (AvgIpc) is 3.31. The summed E-state index contributed by atoms with van der Waals surface area (Å²) in [5.74, 6) is 5.43. The lowest BCUT2D eigenvalue weighted by Gasteiger charge is -2.34. The molecule has 1 saturated heterocycles. The van der Waals surface area contributed by atoms with Gasteiger partial charge in [0.05, 0.1) is 24.3 Å². The normalized spacial score (nSPS) is 15.2. The molecule has 1 fully saturated rings. The number of anilines is 2. The summed E-state index contributed by atoms with van der Waals surface area (Å²) < 4.78 is 9.30. The van der Waals surface area contributed by atoms with E-state index in [1.807, 2.05) is 4.90 Å². The van der Waals surface area contributed by atoms with E-state index in [2.05, 4.69) is 27.5 Å². The van der Waals surface area contributed by atoms with Gasteiger partial charge < -0.3 is 25.4 Å². The molecule has 3 aromatic heterocycles. The molecule has 4 heterocycles. The van der Waals surface area contributed by atoms with Crippen LogP contribution in [0.5, 0.6) is 0 Å². The number of amides is 1. The molecule has 0 unspecified atom stereocenters. The zero-order chi connectivity index (χ0) is 30.8. The Balaban J connectivity index is 1.80. The Kier molecular flexibility index (Phi) is 8.60. The fourth-order valence-corrected chi connectivity index (χ4v) is 4.91. The number of carbonyl (C=O) groups excluding carboxylic acids is 1. The number of imidazole rings is 1. The molecule has 0 bridgehead atoms. The van der Waals surface area contributed by atoms with Crippen LogP contribution in [-0.4, -0.2) is 72.6 Å². The van der Waals surface area contributed by atoms with E-state index in [4.69, 9.17) is 9.72 Å². The van der Waals surface area contributed by atoms with E-state index in [9.17, 15) is 24.3 Å². The molecule has 14 heteroatoms. The first-order chi connectivity index (χ1) is 19.8. The molecule has 1 amide bonds. The predicted octanol–water partition coefficient (Wildman–Crippen LogP) is 1.60. The van der Waals surface area contributed by atoms with E-state index in [0.717, 1.165) is 17.4 Å². The fraction of sp³-hybridized carbons (Fsp3) is 0.500. The van der Waals surface area contributed by atoms with Crippen LogP contribution in [0.3, 0.4) is 0 Å². The average molecular weight is 581 g/mol. The van der Waals surface area contributed by atoms with Gasteiger partial charge in [0.15, 0.2) is 11.2 Å². The molecule has 42 heavy (non-hydrogen) atoms. The van der Waals surface area contributed by atoms with Crippen molar-refractivity contribution in [1.82, 2.24) is 29.0 Å². The number of piperidine rings is 1. The van der Waals surface area contributed by atoms with Crippen molar-refractivity contribution in [2.24, 2.45) is 7.05 Å². The summed E-state index contributed by atoms with van der Waals surface area (Å²) in [7, 11) is 3.14. The molecular formula is C28H36N8O6. The molecule has 224 valence electrons. The summed E-state index contributed by atoms with van der Waals surface area (Å²) in [6.07, 6.45) is 0.972. The van der Waals surface area contributed by atoms with Crippen LogP contribution in [0.15, 0.2) is 21.7 Å². The number of fused-ring (bicyclic) bond motifs is 1. The second kappa shape index (κ2) is 12.0. The van der Waals surface area contributed by atoms with Crippen LogP contribution in [0.1, 0.15) is 56.6 Å². The summed E-state index contributed by atoms with van der Waals surface area (Å²) in [6, 6.07) is 2.66. The second-order valence-electron chi connectivity index (χ2n) is 11.0. The minimum Gasteiger partial charge on any atom is -0.478 e. The molecule has 4 rings (SSSR count). The highest BCUT2D eigenvalue weighted by molar-refractivity contribution is 5.89. The predicted molar refractivity (Wildman–Crippen MR) is 157 cm³/mol. The number of aromatic nitrogens is 5. The molecule has 0 aliphatic carbocycles. The van der Waals surface area contributed by atoms with Gasteiger partial charge in [-0.1, -0.05) is 5.92 Å². The first-order valence-corrected chi connectivity index (χ1v) is 13.6. The third-order valence-electron chi connectivity index (χ3n) is 6.82. The number of alkyl carbamates (subject to hydrolysis) is 1. The number of aryl methyl sites for hydroxylation is 1. The highest BCUT2D eigenvalue weighted by atomic mass is 16.6. The molecule has 0 saturated carbocycles. The smallest absolute Gasteiger partial charge is 0.407 e. The number of carboxylic acids is 1. The van der Waals surface area contributed by atoms with Gasteiger partial charge in [-0.3, -0.25) is 18.5 Å². The number of nitrogens with one attached hydrogen (secondary N) is 2. The second-order valence-corrected chi connectivity index (χ2v) is 11.0. The standard InChI is InChI=1S/C28H36N8O6/c1-7-8-14-35-21-22(32-25(35)34-13-9-10-17(15-34)30-26(40)42-28(2,3)4)33(6)27(41)36(23(21)37)16-19-18(24(38)39)11-12-20(29-5)31-19/h11-12,17H,9-10,13-16H2,1-6H3,(H,29,31)(H,30,40)(H,38,39)/t17-/m1/s1. The van der Waals surface area contributed by atoms with Gasteiger partial charge in [0.1, 0.15) is 11.4 Å². The van der Waals surface area contributed by atoms with E-state index in [1.54, 1.807) is 39.3 Å². The minimum atomic E-state index is -1.23. The summed E-state index contributed by atoms with van der Waals surface area (Å²) in [5, 5.41) is 15.5. The molecule has 0 radical (unpaired) electrons. The first-order valence-electron chi connectivity index (χ1n) is 13.6. The van der Waals surface area contributed by atoms with Crippen molar-refractivity contribution in [2.75, 3.05) is 30.4 Å². The highest BCUT2D eigenvalue weighted by Crippen LogP contribution is 2.24. The van der Waals surface area contributed by atoms with Crippen LogP contribution in [0.2, 0.25) is 0 Å². The lowest BCUT2D eigenvalue weighted by atomic mass is 10.1. The quantitative estimate of drug-likeness (QED) is 0.350. The van der Waals surface area contributed by atoms with Crippen molar-refractivity contribution < 1.29 is 19.4 Å². The molecule has 0 aromatic carbocycles. The lowest BCUT2D eigenvalue weighted by molar-refractivity contribution is 0.0499. The lowest BCUT2D eigenvalue weighted by Crippen LogP contribution is -2.49. The fourth-order valence-electron chi connectivity index (χ4n) is 4.91. The van der Waals surface area contributed by atoms with Gasteiger partial charge in [0.2, 0.25) is 5.95 Å².